The molecule has 2 aromatic rings. The van der Waals surface area contributed by atoms with Gasteiger partial charge in [0, 0.05) is 24.0 Å². The second-order valence-electron chi connectivity index (χ2n) is 11.0. The first-order chi connectivity index (χ1) is 17.7. The van der Waals surface area contributed by atoms with E-state index >= 15 is 0 Å². The molecule has 36 heavy (non-hydrogen) atoms. The molecular weight excluding hydrogens is 456 g/mol. The van der Waals surface area contributed by atoms with Crippen LogP contribution in [0.2, 0.25) is 0 Å². The summed E-state index contributed by atoms with van der Waals surface area (Å²) in [5.41, 5.74) is 5.98. The van der Waals surface area contributed by atoms with Crippen molar-refractivity contribution >= 4 is 17.2 Å². The van der Waals surface area contributed by atoms with Crippen LogP contribution in [0, 0.1) is 0 Å². The third-order valence-electron chi connectivity index (χ3n) is 9.11. The van der Waals surface area contributed by atoms with Crippen molar-refractivity contribution in [2.45, 2.75) is 25.7 Å². The number of carbonyl (C=O) groups excluding carboxylic acids is 1. The van der Waals surface area contributed by atoms with Crippen LogP contribution >= 0.6 is 0 Å². The zero-order valence-electron chi connectivity index (χ0n) is 21.1. The van der Waals surface area contributed by atoms with E-state index in [9.17, 15) is 4.79 Å². The van der Waals surface area contributed by atoms with E-state index < -0.39 is 0 Å². The van der Waals surface area contributed by atoms with Crippen LogP contribution in [0.5, 0.6) is 11.5 Å². The molecule has 0 aromatic heterocycles. The SMILES string of the molecule is O=C1c2cccc3c2-c2cc(c4c(c21)OCCCC[N+]41CCOCC1)OCCCC[N+]31CCOCC1. The van der Waals surface area contributed by atoms with Gasteiger partial charge in [0.1, 0.15) is 31.9 Å². The molecule has 1 aliphatic carbocycles. The van der Waals surface area contributed by atoms with E-state index in [1.165, 1.54) is 5.69 Å². The normalized spacial score (nSPS) is 24.2. The minimum atomic E-state index is 0.0973. The van der Waals surface area contributed by atoms with Gasteiger partial charge in [-0.05, 0) is 31.0 Å². The lowest BCUT2D eigenvalue weighted by atomic mass is 9.98. The van der Waals surface area contributed by atoms with Gasteiger partial charge in [0.25, 0.3) is 0 Å². The van der Waals surface area contributed by atoms with Crippen LogP contribution < -0.4 is 18.4 Å². The van der Waals surface area contributed by atoms with Gasteiger partial charge in [0.05, 0.1) is 63.9 Å². The first kappa shape index (κ1) is 22.7. The first-order valence-electron chi connectivity index (χ1n) is 13.8. The molecule has 2 saturated heterocycles. The second kappa shape index (κ2) is 8.84. The van der Waals surface area contributed by atoms with Crippen molar-refractivity contribution in [2.75, 3.05) is 78.9 Å². The molecule has 2 spiro atoms. The van der Waals surface area contributed by atoms with Crippen LogP contribution in [0.25, 0.3) is 11.1 Å². The standard InChI is InChI=1S/C29H36N2O5/c32-28-21-6-5-7-23-25(21)22-20-24(35-14-3-1-8-30(23)10-16-33-17-11-30)27-29(26(22)28)36-15-4-2-9-31(27)12-18-34-19-13-31/h5-7,20H,1-4,8-19H2/q+2. The number of carbonyl (C=O) groups is 1. The number of nitrogens with zero attached hydrogens (tertiary/aromatic N) is 2. The molecule has 0 saturated carbocycles. The fraction of sp³-hybridized carbons (Fsp3) is 0.552. The van der Waals surface area contributed by atoms with Crippen LogP contribution in [-0.2, 0) is 9.47 Å². The summed E-state index contributed by atoms with van der Waals surface area (Å²) in [6.45, 7) is 9.97. The Morgan fingerprint density at radius 2 is 1.31 bits per heavy atom. The Morgan fingerprint density at radius 1 is 0.639 bits per heavy atom. The summed E-state index contributed by atoms with van der Waals surface area (Å²) in [6, 6.07) is 8.51. The Balaban J connectivity index is 1.51. The van der Waals surface area contributed by atoms with Gasteiger partial charge in [0.15, 0.2) is 17.3 Å². The molecule has 4 aliphatic heterocycles. The summed E-state index contributed by atoms with van der Waals surface area (Å²) < 4.78 is 26.4. The molecule has 0 radical (unpaired) electrons. The molecule has 2 aromatic carbocycles. The minimum Gasteiger partial charge on any atom is -0.487 e. The average molecular weight is 493 g/mol. The number of ether oxygens (including phenoxy) is 4. The number of quaternary nitrogens is 2. The van der Waals surface area contributed by atoms with Crippen LogP contribution in [0.4, 0.5) is 11.4 Å². The molecule has 4 heterocycles. The molecule has 0 amide bonds. The molecule has 7 rings (SSSR count). The number of benzene rings is 2. The summed E-state index contributed by atoms with van der Waals surface area (Å²) in [7, 11) is 0. The maximum Gasteiger partial charge on any atom is 0.218 e. The van der Waals surface area contributed by atoms with Crippen molar-refractivity contribution in [2.24, 2.45) is 0 Å². The Labute approximate surface area is 212 Å². The fourth-order valence-electron chi connectivity index (χ4n) is 7.21. The number of hydrogen-bond donors (Lipinski definition) is 0. The zero-order chi connectivity index (χ0) is 24.2. The quantitative estimate of drug-likeness (QED) is 0.446. The highest BCUT2D eigenvalue weighted by molar-refractivity contribution is 6.26. The Hall–Kier alpha value is -2.45. The number of morpholine rings is 2. The van der Waals surface area contributed by atoms with Gasteiger partial charge in [-0.2, -0.15) is 0 Å². The van der Waals surface area contributed by atoms with Crippen molar-refractivity contribution in [1.29, 1.82) is 0 Å². The summed E-state index contributed by atoms with van der Waals surface area (Å²) in [6.07, 6.45) is 4.17. The smallest absolute Gasteiger partial charge is 0.218 e. The highest BCUT2D eigenvalue weighted by atomic mass is 16.5. The van der Waals surface area contributed by atoms with E-state index in [1.54, 1.807) is 0 Å². The van der Waals surface area contributed by atoms with E-state index in [1.807, 2.05) is 6.07 Å². The van der Waals surface area contributed by atoms with E-state index in [2.05, 4.69) is 18.2 Å². The molecule has 190 valence electrons. The van der Waals surface area contributed by atoms with Crippen molar-refractivity contribution < 1.29 is 23.7 Å². The zero-order valence-corrected chi connectivity index (χ0v) is 21.1. The Kier molecular flexibility index (Phi) is 5.58. The third kappa shape index (κ3) is 3.36. The number of rotatable bonds is 0. The van der Waals surface area contributed by atoms with E-state index in [0.717, 1.165) is 140 Å². The molecule has 2 bridgehead atoms. The molecular formula is C29H36N2O5+2. The molecule has 5 aliphatic rings. The lowest BCUT2D eigenvalue weighted by molar-refractivity contribution is 0.0350. The minimum absolute atomic E-state index is 0.0973. The lowest BCUT2D eigenvalue weighted by Crippen LogP contribution is -2.57. The predicted octanol–water partition coefficient (Wildman–Crippen LogP) is 3.92. The highest BCUT2D eigenvalue weighted by Gasteiger charge is 2.47. The van der Waals surface area contributed by atoms with Crippen LogP contribution in [0.15, 0.2) is 24.3 Å². The largest absolute Gasteiger partial charge is 0.487 e. The van der Waals surface area contributed by atoms with Gasteiger partial charge in [-0.3, -0.25) is 13.8 Å². The molecule has 0 unspecified atom stereocenters. The van der Waals surface area contributed by atoms with Crippen molar-refractivity contribution in [1.82, 2.24) is 8.97 Å². The molecule has 0 N–H and O–H groups in total. The Bertz CT molecular complexity index is 1200. The molecule has 0 atom stereocenters. The van der Waals surface area contributed by atoms with Crippen LogP contribution in [0.3, 0.4) is 0 Å². The van der Waals surface area contributed by atoms with Gasteiger partial charge in [-0.1, -0.05) is 6.07 Å². The molecule has 7 heteroatoms. The van der Waals surface area contributed by atoms with Gasteiger partial charge in [-0.15, -0.1) is 0 Å². The lowest BCUT2D eigenvalue weighted by Gasteiger charge is -2.43. The predicted molar refractivity (Wildman–Crippen MR) is 139 cm³/mol. The monoisotopic (exact) mass is 492 g/mol. The van der Waals surface area contributed by atoms with E-state index in [0.29, 0.717) is 13.2 Å². The third-order valence-corrected chi connectivity index (χ3v) is 9.11. The molecule has 2 fully saturated rings. The van der Waals surface area contributed by atoms with Gasteiger partial charge in [-0.25, -0.2) is 0 Å². The van der Waals surface area contributed by atoms with Gasteiger partial charge < -0.3 is 18.9 Å². The first-order valence-corrected chi connectivity index (χ1v) is 13.8. The summed E-state index contributed by atoms with van der Waals surface area (Å²) in [5.74, 6) is 1.77. The van der Waals surface area contributed by atoms with E-state index in [4.69, 9.17) is 18.9 Å². The number of hydrogen-bond acceptors (Lipinski definition) is 5. The molecule has 7 nitrogen and oxygen atoms in total. The summed E-state index contributed by atoms with van der Waals surface area (Å²) in [5, 5.41) is 0. The van der Waals surface area contributed by atoms with Crippen LogP contribution in [0.1, 0.15) is 41.6 Å². The maximum atomic E-state index is 14.2. The van der Waals surface area contributed by atoms with Crippen molar-refractivity contribution in [3.05, 3.63) is 35.4 Å². The number of fused-ring (bicyclic) bond motifs is 6. The average Bonchev–Trinajstić information content (AvgIpc) is 3.18. The van der Waals surface area contributed by atoms with Crippen molar-refractivity contribution in [3.8, 4) is 22.6 Å². The highest BCUT2D eigenvalue weighted by Crippen LogP contribution is 2.56. The van der Waals surface area contributed by atoms with Crippen LogP contribution in [-0.4, -0.2) is 84.7 Å². The topological polar surface area (TPSA) is 54.0 Å². The second-order valence-corrected chi connectivity index (χ2v) is 11.0. The Morgan fingerprint density at radius 3 is 2.06 bits per heavy atom. The maximum absolute atomic E-state index is 14.2. The van der Waals surface area contributed by atoms with Gasteiger partial charge in [0.2, 0.25) is 5.69 Å². The van der Waals surface area contributed by atoms with E-state index in [-0.39, 0.29) is 5.78 Å². The summed E-state index contributed by atoms with van der Waals surface area (Å²) >= 11 is 0. The van der Waals surface area contributed by atoms with Gasteiger partial charge >= 0.3 is 0 Å². The summed E-state index contributed by atoms with van der Waals surface area (Å²) in [4.78, 5) is 14.2. The number of ketones is 1. The fourth-order valence-corrected chi connectivity index (χ4v) is 7.21. The van der Waals surface area contributed by atoms with Crippen molar-refractivity contribution in [3.63, 3.8) is 0 Å².